The van der Waals surface area contributed by atoms with Gasteiger partial charge in [0.05, 0.1) is 6.54 Å². The fourth-order valence-corrected chi connectivity index (χ4v) is 2.35. The lowest BCUT2D eigenvalue weighted by Gasteiger charge is -2.02. The average molecular weight is 355 g/mol. The molecule has 0 spiro atoms. The Bertz CT molecular complexity index is 956. The smallest absolute Gasteiger partial charge is 0.287 e. The highest BCUT2D eigenvalue weighted by Gasteiger charge is 2.16. The van der Waals surface area contributed by atoms with E-state index in [1.54, 1.807) is 35.2 Å². The van der Waals surface area contributed by atoms with Crippen LogP contribution in [0, 0.1) is 6.92 Å². The van der Waals surface area contributed by atoms with Crippen molar-refractivity contribution in [1.82, 2.24) is 29.9 Å². The van der Waals surface area contributed by atoms with Crippen molar-refractivity contribution in [3.05, 3.63) is 72.1 Å². The van der Waals surface area contributed by atoms with E-state index in [-0.39, 0.29) is 5.89 Å². The highest BCUT2D eigenvalue weighted by molar-refractivity contribution is 6.29. The molecule has 0 aliphatic heterocycles. The van der Waals surface area contributed by atoms with E-state index in [1.807, 2.05) is 13.0 Å². The van der Waals surface area contributed by atoms with Gasteiger partial charge in [-0.15, -0.1) is 15.3 Å². The van der Waals surface area contributed by atoms with Crippen LogP contribution < -0.4 is 0 Å². The third-order valence-corrected chi connectivity index (χ3v) is 3.57. The third-order valence-electron chi connectivity index (χ3n) is 3.36. The van der Waals surface area contributed by atoms with Crippen molar-refractivity contribution in [3.63, 3.8) is 0 Å². The van der Waals surface area contributed by atoms with Crippen LogP contribution in [0.25, 0.3) is 17.3 Å². The van der Waals surface area contributed by atoms with Crippen molar-refractivity contribution in [2.75, 3.05) is 0 Å². The predicted octanol–water partition coefficient (Wildman–Crippen LogP) is 3.49. The molecule has 0 fully saturated rings. The van der Waals surface area contributed by atoms with E-state index in [1.165, 1.54) is 0 Å². The molecule has 0 aromatic carbocycles. The summed E-state index contributed by atoms with van der Waals surface area (Å²) < 4.78 is 7.37. The fraction of sp³-hybridized carbons (Fsp3) is 0.118. The minimum absolute atomic E-state index is 0.237. The Morgan fingerprint density at radius 3 is 2.92 bits per heavy atom. The zero-order valence-electron chi connectivity index (χ0n) is 13.6. The second kappa shape index (κ2) is 7.23. The highest BCUT2D eigenvalue weighted by Crippen LogP contribution is 2.20. The highest BCUT2D eigenvalue weighted by atomic mass is 35.5. The maximum absolute atomic E-state index is 5.91. The van der Waals surface area contributed by atoms with Crippen molar-refractivity contribution in [2.24, 2.45) is 0 Å². The van der Waals surface area contributed by atoms with Gasteiger partial charge in [-0.3, -0.25) is 0 Å². The largest absolute Gasteiger partial charge is 0.413 e. The Hall–Kier alpha value is -3.06. The van der Waals surface area contributed by atoms with Crippen LogP contribution in [0.2, 0.25) is 5.15 Å². The van der Waals surface area contributed by atoms with E-state index in [2.05, 4.69) is 38.4 Å². The molecule has 0 aliphatic carbocycles. The minimum atomic E-state index is 0.237. The topological polar surface area (TPSA) is 82.5 Å². The maximum Gasteiger partial charge on any atom is 0.287 e. The summed E-state index contributed by atoms with van der Waals surface area (Å²) in [4.78, 5) is 8.35. The molecule has 0 amide bonds. The number of hydrogen-bond acceptors (Lipinski definition) is 6. The van der Waals surface area contributed by atoms with Crippen molar-refractivity contribution >= 4 is 17.2 Å². The van der Waals surface area contributed by atoms with E-state index < -0.39 is 0 Å². The molecule has 0 N–H and O–H groups in total. The SMILES string of the molecule is C=C/C=C(\C=C)c1nnc(-c2nc(C)n(Cc3ccnc(Cl)c3)n2)o1. The predicted molar refractivity (Wildman–Crippen MR) is 94.8 cm³/mol. The second-order valence-corrected chi connectivity index (χ2v) is 5.49. The van der Waals surface area contributed by atoms with Gasteiger partial charge in [0.25, 0.3) is 5.89 Å². The van der Waals surface area contributed by atoms with E-state index >= 15 is 0 Å². The molecular formula is C17H15ClN6O. The molecule has 25 heavy (non-hydrogen) atoms. The maximum atomic E-state index is 5.91. The summed E-state index contributed by atoms with van der Waals surface area (Å²) in [7, 11) is 0. The summed E-state index contributed by atoms with van der Waals surface area (Å²) in [5.41, 5.74) is 1.64. The molecule has 3 heterocycles. The number of allylic oxidation sites excluding steroid dienone is 4. The Morgan fingerprint density at radius 2 is 2.20 bits per heavy atom. The van der Waals surface area contributed by atoms with Gasteiger partial charge in [-0.2, -0.15) is 0 Å². The van der Waals surface area contributed by atoms with Crippen LogP contribution in [-0.4, -0.2) is 29.9 Å². The van der Waals surface area contributed by atoms with Crippen LogP contribution in [0.15, 0.2) is 54.1 Å². The van der Waals surface area contributed by atoms with E-state index in [4.69, 9.17) is 16.0 Å². The van der Waals surface area contributed by atoms with Crippen LogP contribution in [0.1, 0.15) is 17.3 Å². The van der Waals surface area contributed by atoms with Gasteiger partial charge in [-0.25, -0.2) is 14.6 Å². The Kier molecular flexibility index (Phi) is 4.85. The molecule has 0 atom stereocenters. The van der Waals surface area contributed by atoms with Gasteiger partial charge in [0, 0.05) is 11.8 Å². The first-order valence-corrected chi connectivity index (χ1v) is 7.79. The third kappa shape index (κ3) is 3.72. The molecule has 0 saturated carbocycles. The van der Waals surface area contributed by atoms with Gasteiger partial charge < -0.3 is 4.42 Å². The molecule has 3 rings (SSSR count). The average Bonchev–Trinajstić information content (AvgIpc) is 3.20. The number of hydrogen-bond donors (Lipinski definition) is 0. The van der Waals surface area contributed by atoms with Gasteiger partial charge in [0.1, 0.15) is 11.0 Å². The molecule has 3 aromatic rings. The van der Waals surface area contributed by atoms with E-state index in [9.17, 15) is 0 Å². The molecule has 7 nitrogen and oxygen atoms in total. The molecule has 3 aromatic heterocycles. The monoisotopic (exact) mass is 354 g/mol. The summed E-state index contributed by atoms with van der Waals surface area (Å²) in [5, 5.41) is 12.9. The Morgan fingerprint density at radius 1 is 1.36 bits per heavy atom. The number of rotatable bonds is 6. The number of aromatic nitrogens is 6. The van der Waals surface area contributed by atoms with Crippen molar-refractivity contribution < 1.29 is 4.42 Å². The molecule has 126 valence electrons. The standard InChI is InChI=1S/C17H15ClN6O/c1-4-6-13(5-2)16-21-22-17(25-16)15-20-11(3)24(23-15)10-12-7-8-19-14(18)9-12/h4-9H,1-2,10H2,3H3/b13-6+. The van der Waals surface area contributed by atoms with Crippen LogP contribution in [-0.2, 0) is 6.54 Å². The number of nitrogens with zero attached hydrogens (tertiary/aromatic N) is 6. The summed E-state index contributed by atoms with van der Waals surface area (Å²) >= 11 is 5.91. The van der Waals surface area contributed by atoms with E-state index in [0.717, 1.165) is 5.56 Å². The molecule has 0 saturated heterocycles. The first-order valence-electron chi connectivity index (χ1n) is 7.42. The van der Waals surface area contributed by atoms with Crippen LogP contribution in [0.5, 0.6) is 0 Å². The van der Waals surface area contributed by atoms with Gasteiger partial charge in [-0.05, 0) is 24.6 Å². The quantitative estimate of drug-likeness (QED) is 0.497. The first-order chi connectivity index (χ1) is 12.1. The van der Waals surface area contributed by atoms with Crippen LogP contribution in [0.3, 0.4) is 0 Å². The van der Waals surface area contributed by atoms with Crippen molar-refractivity contribution in [3.8, 4) is 11.7 Å². The van der Waals surface area contributed by atoms with Crippen LogP contribution >= 0.6 is 11.6 Å². The molecular weight excluding hydrogens is 340 g/mol. The summed E-state index contributed by atoms with van der Waals surface area (Å²) in [6.07, 6.45) is 6.62. The molecule has 8 heteroatoms. The van der Waals surface area contributed by atoms with Crippen molar-refractivity contribution in [2.45, 2.75) is 13.5 Å². The van der Waals surface area contributed by atoms with E-state index in [0.29, 0.717) is 34.8 Å². The van der Waals surface area contributed by atoms with Gasteiger partial charge >= 0.3 is 0 Å². The molecule has 0 bridgehead atoms. The number of pyridine rings is 1. The fourth-order valence-electron chi connectivity index (χ4n) is 2.16. The number of halogens is 1. The molecule has 0 radical (unpaired) electrons. The van der Waals surface area contributed by atoms with Gasteiger partial charge in [0.15, 0.2) is 0 Å². The summed E-state index contributed by atoms with van der Waals surface area (Å²) in [5.74, 6) is 1.65. The second-order valence-electron chi connectivity index (χ2n) is 5.10. The summed E-state index contributed by atoms with van der Waals surface area (Å²) in [6.45, 7) is 9.72. The minimum Gasteiger partial charge on any atom is -0.413 e. The molecule has 0 unspecified atom stereocenters. The Labute approximate surface area is 149 Å². The normalized spacial score (nSPS) is 11.5. The lowest BCUT2D eigenvalue weighted by molar-refractivity contribution is 0.548. The van der Waals surface area contributed by atoms with Gasteiger partial charge in [0.2, 0.25) is 11.7 Å². The number of aryl methyl sites for hydroxylation is 1. The lowest BCUT2D eigenvalue weighted by atomic mass is 10.2. The van der Waals surface area contributed by atoms with Gasteiger partial charge in [-0.1, -0.05) is 43.0 Å². The zero-order chi connectivity index (χ0) is 17.8. The molecule has 0 aliphatic rings. The Balaban J connectivity index is 1.87. The van der Waals surface area contributed by atoms with Crippen molar-refractivity contribution in [1.29, 1.82) is 0 Å². The lowest BCUT2D eigenvalue weighted by Crippen LogP contribution is -2.04. The summed E-state index contributed by atoms with van der Waals surface area (Å²) in [6, 6.07) is 3.65. The zero-order valence-corrected chi connectivity index (χ0v) is 14.3. The first kappa shape index (κ1) is 16.8. The van der Waals surface area contributed by atoms with Crippen LogP contribution in [0.4, 0.5) is 0 Å².